The zero-order valence-electron chi connectivity index (χ0n) is 15.7. The molecule has 31 heavy (non-hydrogen) atoms. The predicted molar refractivity (Wildman–Crippen MR) is 110 cm³/mol. The lowest BCUT2D eigenvalue weighted by atomic mass is 10.1. The van der Waals surface area contributed by atoms with Crippen LogP contribution in [0, 0.1) is 6.92 Å². The van der Waals surface area contributed by atoms with E-state index in [-0.39, 0.29) is 16.4 Å². The summed E-state index contributed by atoms with van der Waals surface area (Å²) in [4.78, 5) is 12.7. The molecule has 4 aromatic rings. The Bertz CT molecular complexity index is 1320. The third-order valence-electron chi connectivity index (χ3n) is 4.54. The number of aryl methyl sites for hydroxylation is 1. The average molecular weight is 466 g/mol. The molecule has 0 aliphatic heterocycles. The van der Waals surface area contributed by atoms with Crippen molar-refractivity contribution < 1.29 is 18.0 Å². The third kappa shape index (κ3) is 4.06. The van der Waals surface area contributed by atoms with Crippen LogP contribution in [-0.4, -0.2) is 25.7 Å². The maximum Gasteiger partial charge on any atom is 0.416 e. The van der Waals surface area contributed by atoms with Crippen LogP contribution >= 0.6 is 23.2 Å². The number of alkyl halides is 3. The Hall–Kier alpha value is -3.17. The van der Waals surface area contributed by atoms with Crippen molar-refractivity contribution in [3.8, 4) is 11.1 Å². The van der Waals surface area contributed by atoms with E-state index in [9.17, 15) is 18.0 Å². The van der Waals surface area contributed by atoms with Gasteiger partial charge in [-0.2, -0.15) is 18.3 Å². The number of nitrogens with zero attached hydrogens (tertiary/aromatic N) is 4. The standard InChI is InChI=1S/C20H12Cl2F3N5O/c1-10-17(19(31)27-16-8-12(20(23,24)25)5-6-15(16)22)28-29-18-14(9-26-30(10)18)11-3-2-4-13(21)7-11/h2-9H,1H3,(H,27,31). The van der Waals surface area contributed by atoms with E-state index in [4.69, 9.17) is 23.2 Å². The highest BCUT2D eigenvalue weighted by molar-refractivity contribution is 6.34. The summed E-state index contributed by atoms with van der Waals surface area (Å²) < 4.78 is 40.3. The molecule has 2 aromatic carbocycles. The number of hydrogen-bond donors (Lipinski definition) is 1. The number of aromatic nitrogens is 4. The Labute approximate surface area is 183 Å². The van der Waals surface area contributed by atoms with Gasteiger partial charge in [-0.15, -0.1) is 10.2 Å². The molecule has 0 fully saturated rings. The number of halogens is 5. The molecule has 2 aromatic heterocycles. The molecule has 158 valence electrons. The van der Waals surface area contributed by atoms with Crippen molar-refractivity contribution in [3.63, 3.8) is 0 Å². The van der Waals surface area contributed by atoms with Gasteiger partial charge in [-0.25, -0.2) is 4.52 Å². The summed E-state index contributed by atoms with van der Waals surface area (Å²) in [6.07, 6.45) is -3.02. The number of amides is 1. The Kier molecular flexibility index (Phi) is 5.32. The van der Waals surface area contributed by atoms with E-state index in [1.165, 1.54) is 4.52 Å². The number of carbonyl (C=O) groups is 1. The fourth-order valence-corrected chi connectivity index (χ4v) is 3.36. The normalized spacial score (nSPS) is 11.7. The summed E-state index contributed by atoms with van der Waals surface area (Å²) in [6, 6.07) is 9.73. The Morgan fingerprint density at radius 3 is 2.58 bits per heavy atom. The SMILES string of the molecule is Cc1c(C(=O)Nc2cc(C(F)(F)F)ccc2Cl)nnc2c(-c3cccc(Cl)c3)cnn12. The molecule has 0 radical (unpaired) electrons. The molecule has 0 bridgehead atoms. The number of fused-ring (bicyclic) bond motifs is 1. The van der Waals surface area contributed by atoms with E-state index in [0.717, 1.165) is 23.8 Å². The summed E-state index contributed by atoms with van der Waals surface area (Å²) >= 11 is 12.0. The monoisotopic (exact) mass is 465 g/mol. The fourth-order valence-electron chi connectivity index (χ4n) is 3.00. The molecule has 0 saturated carbocycles. The second kappa shape index (κ2) is 7.82. The van der Waals surface area contributed by atoms with Gasteiger partial charge in [0.15, 0.2) is 11.3 Å². The van der Waals surface area contributed by atoms with E-state index in [1.807, 2.05) is 6.07 Å². The second-order valence-electron chi connectivity index (χ2n) is 6.58. The van der Waals surface area contributed by atoms with Crippen LogP contribution in [0.2, 0.25) is 10.0 Å². The molecule has 0 unspecified atom stereocenters. The van der Waals surface area contributed by atoms with Crippen molar-refractivity contribution in [2.24, 2.45) is 0 Å². The van der Waals surface area contributed by atoms with E-state index >= 15 is 0 Å². The molecular weight excluding hydrogens is 454 g/mol. The minimum absolute atomic E-state index is 0.0460. The maximum atomic E-state index is 13.0. The molecule has 0 atom stereocenters. The number of rotatable bonds is 3. The lowest BCUT2D eigenvalue weighted by Crippen LogP contribution is -2.19. The third-order valence-corrected chi connectivity index (χ3v) is 5.11. The van der Waals surface area contributed by atoms with Crippen LogP contribution in [0.5, 0.6) is 0 Å². The van der Waals surface area contributed by atoms with Gasteiger partial charge in [-0.3, -0.25) is 4.79 Å². The van der Waals surface area contributed by atoms with Crippen LogP contribution in [0.3, 0.4) is 0 Å². The molecule has 1 N–H and O–H groups in total. The summed E-state index contributed by atoms with van der Waals surface area (Å²) in [7, 11) is 0. The number of benzene rings is 2. The lowest BCUT2D eigenvalue weighted by Gasteiger charge is -2.12. The summed E-state index contributed by atoms with van der Waals surface area (Å²) in [5.41, 5.74) is 0.927. The first-order valence-corrected chi connectivity index (χ1v) is 9.56. The van der Waals surface area contributed by atoms with Gasteiger partial charge in [-0.05, 0) is 42.8 Å². The summed E-state index contributed by atoms with van der Waals surface area (Å²) in [5, 5.41) is 15.2. The molecule has 1 amide bonds. The van der Waals surface area contributed by atoms with Crippen LogP contribution in [0.4, 0.5) is 18.9 Å². The second-order valence-corrected chi connectivity index (χ2v) is 7.43. The summed E-state index contributed by atoms with van der Waals surface area (Å²) in [6.45, 7) is 1.60. The first-order chi connectivity index (χ1) is 14.6. The van der Waals surface area contributed by atoms with Gasteiger partial charge in [0, 0.05) is 10.6 Å². The largest absolute Gasteiger partial charge is 0.416 e. The van der Waals surface area contributed by atoms with Crippen LogP contribution < -0.4 is 5.32 Å². The van der Waals surface area contributed by atoms with Crippen LogP contribution in [0.25, 0.3) is 16.8 Å². The zero-order chi connectivity index (χ0) is 22.3. The molecule has 11 heteroatoms. The van der Waals surface area contributed by atoms with Crippen LogP contribution in [-0.2, 0) is 6.18 Å². The minimum Gasteiger partial charge on any atom is -0.319 e. The van der Waals surface area contributed by atoms with Gasteiger partial charge in [0.05, 0.1) is 28.2 Å². The quantitative estimate of drug-likeness (QED) is 0.422. The fraction of sp³-hybridized carbons (Fsp3) is 0.100. The van der Waals surface area contributed by atoms with Gasteiger partial charge in [0.1, 0.15) is 0 Å². The first kappa shape index (κ1) is 21.1. The maximum absolute atomic E-state index is 13.0. The van der Waals surface area contributed by atoms with Crippen molar-refractivity contribution in [1.29, 1.82) is 0 Å². The number of hydrogen-bond acceptors (Lipinski definition) is 4. The number of anilines is 1. The topological polar surface area (TPSA) is 72.2 Å². The van der Waals surface area contributed by atoms with Crippen LogP contribution in [0.1, 0.15) is 21.7 Å². The predicted octanol–water partition coefficient (Wildman–Crippen LogP) is 5.68. The van der Waals surface area contributed by atoms with E-state index in [2.05, 4.69) is 20.6 Å². The molecule has 0 aliphatic rings. The summed E-state index contributed by atoms with van der Waals surface area (Å²) in [5.74, 6) is -0.770. The molecule has 6 nitrogen and oxygen atoms in total. The Morgan fingerprint density at radius 2 is 1.87 bits per heavy atom. The smallest absolute Gasteiger partial charge is 0.319 e. The van der Waals surface area contributed by atoms with Crippen molar-refractivity contribution in [1.82, 2.24) is 19.8 Å². The highest BCUT2D eigenvalue weighted by Gasteiger charge is 2.31. The molecule has 4 rings (SSSR count). The van der Waals surface area contributed by atoms with E-state index < -0.39 is 17.6 Å². The number of nitrogens with one attached hydrogen (secondary N) is 1. The molecule has 0 saturated heterocycles. The van der Waals surface area contributed by atoms with Gasteiger partial charge in [0.25, 0.3) is 5.91 Å². The van der Waals surface area contributed by atoms with Gasteiger partial charge in [0.2, 0.25) is 0 Å². The highest BCUT2D eigenvalue weighted by Crippen LogP contribution is 2.34. The molecule has 0 spiro atoms. The van der Waals surface area contributed by atoms with Crippen molar-refractivity contribution in [2.45, 2.75) is 13.1 Å². The van der Waals surface area contributed by atoms with Crippen molar-refractivity contribution in [3.05, 3.63) is 75.7 Å². The first-order valence-electron chi connectivity index (χ1n) is 8.80. The van der Waals surface area contributed by atoms with Crippen molar-refractivity contribution in [2.75, 3.05) is 5.32 Å². The van der Waals surface area contributed by atoms with E-state index in [0.29, 0.717) is 21.9 Å². The minimum atomic E-state index is -4.58. The lowest BCUT2D eigenvalue weighted by molar-refractivity contribution is -0.137. The van der Waals surface area contributed by atoms with Gasteiger partial charge < -0.3 is 5.32 Å². The van der Waals surface area contributed by atoms with E-state index in [1.54, 1.807) is 31.3 Å². The molecular formula is C20H12Cl2F3N5O. The Morgan fingerprint density at radius 1 is 1.10 bits per heavy atom. The van der Waals surface area contributed by atoms with Gasteiger partial charge in [-0.1, -0.05) is 35.3 Å². The van der Waals surface area contributed by atoms with Crippen molar-refractivity contribution >= 4 is 40.4 Å². The van der Waals surface area contributed by atoms with Crippen LogP contribution in [0.15, 0.2) is 48.7 Å². The number of carbonyl (C=O) groups excluding carboxylic acids is 1. The zero-order valence-corrected chi connectivity index (χ0v) is 17.2. The Balaban J connectivity index is 1.69. The molecule has 0 aliphatic carbocycles. The average Bonchev–Trinajstić information content (AvgIpc) is 3.14. The van der Waals surface area contributed by atoms with Gasteiger partial charge >= 0.3 is 6.18 Å². The highest BCUT2D eigenvalue weighted by atomic mass is 35.5. The molecule has 2 heterocycles.